The average molecular weight is 228 g/mol. The van der Waals surface area contributed by atoms with Crippen molar-refractivity contribution in [2.45, 2.75) is 6.23 Å². The Balaban J connectivity index is 2.60. The van der Waals surface area contributed by atoms with Crippen LogP contribution in [0.5, 0.6) is 0 Å². The number of carbonyl (C=O) groups is 1. The number of hydrogen-bond acceptors (Lipinski definition) is 2. The van der Waals surface area contributed by atoms with E-state index in [1.165, 1.54) is 0 Å². The second-order valence-electron chi connectivity index (χ2n) is 2.61. The van der Waals surface area contributed by atoms with Crippen LogP contribution < -0.4 is 5.32 Å². The molecular weight excluding hydrogens is 222 g/mol. The van der Waals surface area contributed by atoms with Gasteiger partial charge in [0, 0.05) is 15.6 Å². The summed E-state index contributed by atoms with van der Waals surface area (Å²) in [5.41, 5.74) is 1.18. The van der Waals surface area contributed by atoms with E-state index in [0.717, 1.165) is 4.47 Å². The molecule has 1 atom stereocenters. The fourth-order valence-corrected chi connectivity index (χ4v) is 1.63. The van der Waals surface area contributed by atoms with Gasteiger partial charge in [-0.15, -0.1) is 0 Å². The summed E-state index contributed by atoms with van der Waals surface area (Å²) in [6.07, 6.45) is -0.856. The standard InChI is InChI=1S/C8H6BrNO2/c9-4-1-2-5-6(3-4)8(12)10-7(5)11/h1-3,8,12H,(H,10,11). The molecule has 3 nitrogen and oxygen atoms in total. The van der Waals surface area contributed by atoms with Crippen LogP contribution in [0.1, 0.15) is 22.1 Å². The highest BCUT2D eigenvalue weighted by Gasteiger charge is 2.26. The third-order valence-electron chi connectivity index (χ3n) is 1.82. The Labute approximate surface area is 77.5 Å². The number of benzene rings is 1. The summed E-state index contributed by atoms with van der Waals surface area (Å²) in [6.45, 7) is 0. The molecular formula is C8H6BrNO2. The Hall–Kier alpha value is -0.870. The van der Waals surface area contributed by atoms with Crippen molar-refractivity contribution in [3.05, 3.63) is 33.8 Å². The zero-order valence-corrected chi connectivity index (χ0v) is 7.63. The van der Waals surface area contributed by atoms with E-state index in [1.54, 1.807) is 18.2 Å². The number of carbonyl (C=O) groups excluding carboxylic acids is 1. The van der Waals surface area contributed by atoms with Crippen molar-refractivity contribution in [3.8, 4) is 0 Å². The highest BCUT2D eigenvalue weighted by Crippen LogP contribution is 2.26. The number of halogens is 1. The number of aliphatic hydroxyl groups is 1. The molecule has 4 heteroatoms. The zero-order valence-electron chi connectivity index (χ0n) is 6.04. The lowest BCUT2D eigenvalue weighted by Crippen LogP contribution is -2.17. The first kappa shape index (κ1) is 7.76. The van der Waals surface area contributed by atoms with Crippen LogP contribution in [0.2, 0.25) is 0 Å². The van der Waals surface area contributed by atoms with Crippen molar-refractivity contribution in [2.24, 2.45) is 0 Å². The molecule has 0 spiro atoms. The van der Waals surface area contributed by atoms with Crippen LogP contribution in [-0.4, -0.2) is 11.0 Å². The smallest absolute Gasteiger partial charge is 0.253 e. The molecule has 2 N–H and O–H groups in total. The van der Waals surface area contributed by atoms with Gasteiger partial charge in [0.2, 0.25) is 0 Å². The van der Waals surface area contributed by atoms with E-state index in [0.29, 0.717) is 11.1 Å². The van der Waals surface area contributed by atoms with Gasteiger partial charge >= 0.3 is 0 Å². The molecule has 0 saturated carbocycles. The summed E-state index contributed by atoms with van der Waals surface area (Å²) < 4.78 is 0.858. The van der Waals surface area contributed by atoms with E-state index < -0.39 is 6.23 Å². The molecule has 0 saturated heterocycles. The van der Waals surface area contributed by atoms with Crippen molar-refractivity contribution in [1.82, 2.24) is 5.32 Å². The van der Waals surface area contributed by atoms with Crippen LogP contribution in [0.25, 0.3) is 0 Å². The maximum atomic E-state index is 11.1. The minimum absolute atomic E-state index is 0.218. The number of nitrogens with one attached hydrogen (secondary N) is 1. The van der Waals surface area contributed by atoms with Crippen molar-refractivity contribution < 1.29 is 9.90 Å². The van der Waals surface area contributed by atoms with E-state index in [4.69, 9.17) is 0 Å². The fourth-order valence-electron chi connectivity index (χ4n) is 1.25. The highest BCUT2D eigenvalue weighted by atomic mass is 79.9. The normalized spacial score (nSPS) is 20.5. The SMILES string of the molecule is O=C1NC(O)c2cc(Br)ccc21. The van der Waals surface area contributed by atoms with Gasteiger partial charge in [-0.1, -0.05) is 15.9 Å². The van der Waals surface area contributed by atoms with Crippen molar-refractivity contribution in [3.63, 3.8) is 0 Å². The lowest BCUT2D eigenvalue weighted by Gasteiger charge is -2.01. The van der Waals surface area contributed by atoms with E-state index in [2.05, 4.69) is 21.2 Å². The first-order chi connectivity index (χ1) is 5.68. The van der Waals surface area contributed by atoms with Crippen LogP contribution in [0.15, 0.2) is 22.7 Å². The maximum Gasteiger partial charge on any atom is 0.253 e. The molecule has 1 aliphatic rings. The van der Waals surface area contributed by atoms with Gasteiger partial charge in [0.25, 0.3) is 5.91 Å². The number of fused-ring (bicyclic) bond motifs is 1. The van der Waals surface area contributed by atoms with Gasteiger partial charge in [-0.3, -0.25) is 4.79 Å². The third kappa shape index (κ3) is 1.04. The fraction of sp³-hybridized carbons (Fsp3) is 0.125. The second kappa shape index (κ2) is 2.57. The highest BCUT2D eigenvalue weighted by molar-refractivity contribution is 9.10. The Bertz CT molecular complexity index is 351. The minimum Gasteiger partial charge on any atom is -0.369 e. The first-order valence-corrected chi connectivity index (χ1v) is 4.26. The predicted octanol–water partition coefficient (Wildman–Crippen LogP) is 1.18. The van der Waals surface area contributed by atoms with Gasteiger partial charge in [0.15, 0.2) is 6.23 Å². The molecule has 1 unspecified atom stereocenters. The molecule has 1 aromatic carbocycles. The second-order valence-corrected chi connectivity index (χ2v) is 3.52. The minimum atomic E-state index is -0.856. The van der Waals surface area contributed by atoms with Crippen LogP contribution in [0.3, 0.4) is 0 Å². The van der Waals surface area contributed by atoms with Gasteiger partial charge in [-0.05, 0) is 18.2 Å². The van der Waals surface area contributed by atoms with Gasteiger partial charge in [0.1, 0.15) is 0 Å². The molecule has 0 aromatic heterocycles. The number of rotatable bonds is 0. The van der Waals surface area contributed by atoms with Crippen LogP contribution >= 0.6 is 15.9 Å². The molecule has 1 aliphatic heterocycles. The monoisotopic (exact) mass is 227 g/mol. The molecule has 0 radical (unpaired) electrons. The molecule has 2 rings (SSSR count). The van der Waals surface area contributed by atoms with Crippen LogP contribution in [-0.2, 0) is 0 Å². The van der Waals surface area contributed by atoms with Gasteiger partial charge in [0.05, 0.1) is 0 Å². The molecule has 0 aliphatic carbocycles. The Kier molecular flexibility index (Phi) is 1.66. The van der Waals surface area contributed by atoms with E-state index in [1.807, 2.05) is 0 Å². The van der Waals surface area contributed by atoms with E-state index in [-0.39, 0.29) is 5.91 Å². The molecule has 1 heterocycles. The lowest BCUT2D eigenvalue weighted by atomic mass is 10.1. The topological polar surface area (TPSA) is 49.3 Å². The molecule has 1 amide bonds. The Morgan fingerprint density at radius 2 is 2.25 bits per heavy atom. The lowest BCUT2D eigenvalue weighted by molar-refractivity contribution is 0.0850. The van der Waals surface area contributed by atoms with Gasteiger partial charge < -0.3 is 10.4 Å². The van der Waals surface area contributed by atoms with Crippen molar-refractivity contribution in [1.29, 1.82) is 0 Å². The van der Waals surface area contributed by atoms with E-state index >= 15 is 0 Å². The summed E-state index contributed by atoms with van der Waals surface area (Å²) in [5.74, 6) is -0.218. The molecule has 62 valence electrons. The zero-order chi connectivity index (χ0) is 8.72. The van der Waals surface area contributed by atoms with Crippen molar-refractivity contribution in [2.75, 3.05) is 0 Å². The molecule has 1 aromatic rings. The van der Waals surface area contributed by atoms with Gasteiger partial charge in [-0.2, -0.15) is 0 Å². The van der Waals surface area contributed by atoms with Gasteiger partial charge in [-0.25, -0.2) is 0 Å². The van der Waals surface area contributed by atoms with Crippen LogP contribution in [0, 0.1) is 0 Å². The molecule has 0 fully saturated rings. The Morgan fingerprint density at radius 1 is 1.50 bits per heavy atom. The predicted molar refractivity (Wildman–Crippen MR) is 46.6 cm³/mol. The van der Waals surface area contributed by atoms with E-state index in [9.17, 15) is 9.90 Å². The summed E-state index contributed by atoms with van der Waals surface area (Å²) in [4.78, 5) is 11.1. The largest absolute Gasteiger partial charge is 0.369 e. The number of amides is 1. The Morgan fingerprint density at radius 3 is 3.00 bits per heavy atom. The average Bonchev–Trinajstić information content (AvgIpc) is 2.28. The van der Waals surface area contributed by atoms with Crippen molar-refractivity contribution >= 4 is 21.8 Å². The summed E-state index contributed by atoms with van der Waals surface area (Å²) in [7, 11) is 0. The third-order valence-corrected chi connectivity index (χ3v) is 2.31. The summed E-state index contributed by atoms with van der Waals surface area (Å²) >= 11 is 3.26. The number of aliphatic hydroxyl groups excluding tert-OH is 1. The quantitative estimate of drug-likeness (QED) is 0.700. The first-order valence-electron chi connectivity index (χ1n) is 3.47. The number of hydrogen-bond donors (Lipinski definition) is 2. The molecule has 12 heavy (non-hydrogen) atoms. The maximum absolute atomic E-state index is 11.1. The van der Waals surface area contributed by atoms with Crippen LogP contribution in [0.4, 0.5) is 0 Å². The summed E-state index contributed by atoms with van der Waals surface area (Å²) in [6, 6.07) is 5.19. The molecule has 0 bridgehead atoms. The summed E-state index contributed by atoms with van der Waals surface area (Å²) in [5, 5.41) is 11.7.